The molecule has 2 fully saturated rings. The summed E-state index contributed by atoms with van der Waals surface area (Å²) in [6, 6.07) is 10.8. The van der Waals surface area contributed by atoms with Gasteiger partial charge in [0, 0.05) is 23.6 Å². The molecule has 2 aliphatic heterocycles. The van der Waals surface area contributed by atoms with Crippen LogP contribution in [0.5, 0.6) is 0 Å². The number of benzene rings is 1. The molecule has 3 heterocycles. The van der Waals surface area contributed by atoms with Gasteiger partial charge in [-0.2, -0.15) is 4.37 Å². The van der Waals surface area contributed by atoms with Gasteiger partial charge in [0.25, 0.3) is 0 Å². The number of esters is 1. The molecule has 0 unspecified atom stereocenters. The first kappa shape index (κ1) is 16.5. The second-order valence-electron chi connectivity index (χ2n) is 7.02. The van der Waals surface area contributed by atoms with Crippen LogP contribution < -0.4 is 4.90 Å². The number of nitrogens with zero attached hydrogens (tertiary/aromatic N) is 3. The van der Waals surface area contributed by atoms with Crippen molar-refractivity contribution in [2.45, 2.75) is 51.6 Å². The number of carbonyl (C=O) groups excluding carboxylic acids is 1. The van der Waals surface area contributed by atoms with Crippen LogP contribution in [0.4, 0.5) is 5.13 Å². The predicted molar refractivity (Wildman–Crippen MR) is 97.8 cm³/mol. The fourth-order valence-electron chi connectivity index (χ4n) is 4.58. The molecule has 1 aromatic carbocycles. The van der Waals surface area contributed by atoms with Crippen LogP contribution in [0.3, 0.4) is 0 Å². The lowest BCUT2D eigenvalue weighted by atomic mass is 9.70. The number of rotatable bonds is 5. The predicted octanol–water partition coefficient (Wildman–Crippen LogP) is 3.38. The molecule has 0 spiro atoms. The Hall–Kier alpha value is -1.95. The van der Waals surface area contributed by atoms with Crippen molar-refractivity contribution in [3.63, 3.8) is 0 Å². The van der Waals surface area contributed by atoms with Gasteiger partial charge in [0.15, 0.2) is 0 Å². The number of hydrogen-bond acceptors (Lipinski definition) is 6. The van der Waals surface area contributed by atoms with Crippen molar-refractivity contribution in [2.24, 2.45) is 5.41 Å². The minimum Gasteiger partial charge on any atom is -0.465 e. The molecular formula is C19H23N3O2S. The SMILES string of the molecule is CCOC(=O)[C@@]1(Cc2ccccc2)C[C@H]2CC[C@@H]1N2c1nc(C)ns1. The molecule has 5 nitrogen and oxygen atoms in total. The highest BCUT2D eigenvalue weighted by atomic mass is 32.1. The Morgan fingerprint density at radius 3 is 2.84 bits per heavy atom. The maximum atomic E-state index is 13.1. The molecule has 0 N–H and O–H groups in total. The number of hydrogen-bond donors (Lipinski definition) is 0. The van der Waals surface area contributed by atoms with Crippen LogP contribution in [0.1, 0.15) is 37.6 Å². The lowest BCUT2D eigenvalue weighted by Crippen LogP contribution is -2.46. The zero-order valence-corrected chi connectivity index (χ0v) is 15.5. The lowest BCUT2D eigenvalue weighted by Gasteiger charge is -2.35. The third kappa shape index (κ3) is 2.72. The Balaban J connectivity index is 1.71. The van der Waals surface area contributed by atoms with E-state index in [9.17, 15) is 4.79 Å². The van der Waals surface area contributed by atoms with Crippen molar-refractivity contribution < 1.29 is 9.53 Å². The van der Waals surface area contributed by atoms with Crippen molar-refractivity contribution in [2.75, 3.05) is 11.5 Å². The molecule has 2 aliphatic rings. The molecule has 1 aromatic heterocycles. The fraction of sp³-hybridized carbons (Fsp3) is 0.526. The van der Waals surface area contributed by atoms with Crippen molar-refractivity contribution in [1.82, 2.24) is 9.36 Å². The van der Waals surface area contributed by atoms with Gasteiger partial charge >= 0.3 is 5.97 Å². The van der Waals surface area contributed by atoms with Crippen LogP contribution in [0, 0.1) is 12.3 Å². The van der Waals surface area contributed by atoms with E-state index < -0.39 is 5.41 Å². The molecule has 25 heavy (non-hydrogen) atoms. The number of aromatic nitrogens is 2. The minimum absolute atomic E-state index is 0.0581. The van der Waals surface area contributed by atoms with Gasteiger partial charge in [0.05, 0.1) is 12.0 Å². The third-order valence-corrected chi connectivity index (χ3v) is 6.34. The van der Waals surface area contributed by atoms with E-state index in [4.69, 9.17) is 4.74 Å². The number of ether oxygens (including phenoxy) is 1. The number of anilines is 1. The maximum Gasteiger partial charge on any atom is 0.314 e. The Morgan fingerprint density at radius 2 is 2.16 bits per heavy atom. The van der Waals surface area contributed by atoms with E-state index >= 15 is 0 Å². The molecule has 132 valence electrons. The quantitative estimate of drug-likeness (QED) is 0.768. The largest absolute Gasteiger partial charge is 0.465 e. The second kappa shape index (κ2) is 6.41. The molecule has 0 amide bonds. The highest BCUT2D eigenvalue weighted by molar-refractivity contribution is 7.09. The van der Waals surface area contributed by atoms with Gasteiger partial charge in [0.1, 0.15) is 5.82 Å². The number of carbonyl (C=O) groups is 1. The summed E-state index contributed by atoms with van der Waals surface area (Å²) in [5.74, 6) is 0.744. The van der Waals surface area contributed by atoms with Crippen LogP contribution in [0.2, 0.25) is 0 Å². The Kier molecular flexibility index (Phi) is 4.23. The van der Waals surface area contributed by atoms with Crippen LogP contribution in [-0.4, -0.2) is 34.0 Å². The molecule has 2 saturated heterocycles. The van der Waals surface area contributed by atoms with E-state index in [-0.39, 0.29) is 12.0 Å². The van der Waals surface area contributed by atoms with Gasteiger partial charge in [0.2, 0.25) is 5.13 Å². The van der Waals surface area contributed by atoms with Gasteiger partial charge in [-0.05, 0) is 45.1 Å². The summed E-state index contributed by atoms with van der Waals surface area (Å²) in [6.45, 7) is 4.22. The minimum atomic E-state index is -0.486. The van der Waals surface area contributed by atoms with Crippen molar-refractivity contribution in [3.05, 3.63) is 41.7 Å². The lowest BCUT2D eigenvalue weighted by molar-refractivity contribution is -0.156. The van der Waals surface area contributed by atoms with Crippen molar-refractivity contribution >= 4 is 22.6 Å². The normalized spacial score (nSPS) is 27.7. The average molecular weight is 357 g/mol. The van der Waals surface area contributed by atoms with Crippen LogP contribution in [-0.2, 0) is 16.0 Å². The summed E-state index contributed by atoms with van der Waals surface area (Å²) in [6.07, 6.45) is 3.68. The second-order valence-corrected chi connectivity index (χ2v) is 7.75. The van der Waals surface area contributed by atoms with E-state index in [1.807, 2.05) is 32.0 Å². The Labute approximate surface area is 152 Å². The van der Waals surface area contributed by atoms with E-state index in [0.717, 1.165) is 36.6 Å². The number of fused-ring (bicyclic) bond motifs is 2. The monoisotopic (exact) mass is 357 g/mol. The molecule has 0 saturated carbocycles. The van der Waals surface area contributed by atoms with Gasteiger partial charge in [-0.1, -0.05) is 30.3 Å². The number of aryl methyl sites for hydroxylation is 1. The van der Waals surface area contributed by atoms with E-state index in [2.05, 4.69) is 26.4 Å². The van der Waals surface area contributed by atoms with Crippen LogP contribution >= 0.6 is 11.5 Å². The molecule has 3 atom stereocenters. The Morgan fingerprint density at radius 1 is 1.36 bits per heavy atom. The smallest absolute Gasteiger partial charge is 0.314 e. The van der Waals surface area contributed by atoms with Crippen LogP contribution in [0.15, 0.2) is 30.3 Å². The molecule has 4 rings (SSSR count). The zero-order valence-electron chi connectivity index (χ0n) is 14.6. The third-order valence-electron chi connectivity index (χ3n) is 5.52. The summed E-state index contributed by atoms with van der Waals surface area (Å²) in [4.78, 5) is 20.0. The van der Waals surface area contributed by atoms with Crippen molar-refractivity contribution in [1.29, 1.82) is 0 Å². The Bertz CT molecular complexity index is 763. The fourth-order valence-corrected chi connectivity index (χ4v) is 5.38. The summed E-state index contributed by atoms with van der Waals surface area (Å²) >= 11 is 1.44. The molecule has 0 radical (unpaired) electrons. The molecule has 0 aliphatic carbocycles. The first-order valence-electron chi connectivity index (χ1n) is 8.94. The molecule has 2 bridgehead atoms. The van der Waals surface area contributed by atoms with Gasteiger partial charge in [-0.25, -0.2) is 4.98 Å². The first-order valence-corrected chi connectivity index (χ1v) is 9.71. The maximum absolute atomic E-state index is 13.1. The van der Waals surface area contributed by atoms with Gasteiger partial charge < -0.3 is 9.64 Å². The first-order chi connectivity index (χ1) is 12.1. The van der Waals surface area contributed by atoms with Gasteiger partial charge in [-0.15, -0.1) is 0 Å². The molecule has 6 heteroatoms. The van der Waals surface area contributed by atoms with E-state index in [1.54, 1.807) is 0 Å². The summed E-state index contributed by atoms with van der Waals surface area (Å²) in [7, 11) is 0. The topological polar surface area (TPSA) is 55.3 Å². The summed E-state index contributed by atoms with van der Waals surface area (Å²) < 4.78 is 9.89. The highest BCUT2D eigenvalue weighted by Gasteiger charge is 2.61. The van der Waals surface area contributed by atoms with E-state index in [0.29, 0.717) is 12.6 Å². The summed E-state index contributed by atoms with van der Waals surface area (Å²) in [5, 5.41) is 0.948. The van der Waals surface area contributed by atoms with Crippen molar-refractivity contribution in [3.8, 4) is 0 Å². The summed E-state index contributed by atoms with van der Waals surface area (Å²) in [5.41, 5.74) is 0.705. The van der Waals surface area contributed by atoms with Gasteiger partial charge in [-0.3, -0.25) is 4.79 Å². The standard InChI is InChI=1S/C19H23N3O2S/c1-3-24-17(23)19(11-14-7-5-4-6-8-14)12-15-9-10-16(19)22(15)18-20-13(2)21-25-18/h4-8,15-16H,3,9-12H2,1-2H3/t15-,16+,19+/m1/s1. The van der Waals surface area contributed by atoms with E-state index in [1.165, 1.54) is 17.1 Å². The zero-order chi connectivity index (χ0) is 17.4. The highest BCUT2D eigenvalue weighted by Crippen LogP contribution is 2.54. The molecular weight excluding hydrogens is 334 g/mol. The molecule has 2 aromatic rings. The average Bonchev–Trinajstić information content (AvgIpc) is 3.29. The van der Waals surface area contributed by atoms with Crippen LogP contribution in [0.25, 0.3) is 0 Å².